The summed E-state index contributed by atoms with van der Waals surface area (Å²) in [6, 6.07) is 7.44. The Morgan fingerprint density at radius 1 is 1.31 bits per heavy atom. The first-order valence-electron chi connectivity index (χ1n) is 10.0. The molecule has 0 amide bonds. The second-order valence-corrected chi connectivity index (χ2v) is 8.25. The molecule has 3 heterocycles. The third-order valence-electron chi connectivity index (χ3n) is 6.54. The van der Waals surface area contributed by atoms with Gasteiger partial charge in [0, 0.05) is 61.0 Å². The molecular weight excluding hydrogens is 320 g/mol. The van der Waals surface area contributed by atoms with Crippen molar-refractivity contribution in [1.29, 1.82) is 0 Å². The Labute approximate surface area is 155 Å². The Morgan fingerprint density at radius 2 is 2.23 bits per heavy atom. The summed E-state index contributed by atoms with van der Waals surface area (Å²) in [5, 5.41) is 1.50. The zero-order valence-electron chi connectivity index (χ0n) is 15.8. The molecule has 0 spiro atoms. The van der Waals surface area contributed by atoms with E-state index in [9.17, 15) is 0 Å². The third kappa shape index (κ3) is 2.50. The van der Waals surface area contributed by atoms with Gasteiger partial charge in [0.25, 0.3) is 0 Å². The van der Waals surface area contributed by atoms with Crippen LogP contribution >= 0.6 is 0 Å². The van der Waals surface area contributed by atoms with Crippen LogP contribution in [-0.4, -0.2) is 39.1 Å². The lowest BCUT2D eigenvalue weighted by Crippen LogP contribution is -2.48. The summed E-state index contributed by atoms with van der Waals surface area (Å²) >= 11 is 0. The van der Waals surface area contributed by atoms with Gasteiger partial charge in [0.05, 0.1) is 0 Å². The normalized spacial score (nSPS) is 25.5. The van der Waals surface area contributed by atoms with Crippen LogP contribution in [0, 0.1) is 5.92 Å². The molecule has 1 saturated heterocycles. The number of benzene rings is 1. The molecule has 1 aromatic carbocycles. The number of H-pyrrole nitrogens is 1. The first-order chi connectivity index (χ1) is 12.7. The minimum Gasteiger partial charge on any atom is -0.361 e. The molecule has 2 aromatic heterocycles. The van der Waals surface area contributed by atoms with Crippen LogP contribution < -0.4 is 0 Å². The van der Waals surface area contributed by atoms with Crippen molar-refractivity contribution in [2.24, 2.45) is 5.92 Å². The molecule has 0 saturated carbocycles. The maximum Gasteiger partial charge on any atom is 0.108 e. The monoisotopic (exact) mass is 348 g/mol. The summed E-state index contributed by atoms with van der Waals surface area (Å²) in [6.45, 7) is 4.51. The predicted molar refractivity (Wildman–Crippen MR) is 105 cm³/mol. The van der Waals surface area contributed by atoms with Crippen molar-refractivity contribution in [2.45, 2.75) is 51.1 Å². The van der Waals surface area contributed by atoms with Gasteiger partial charge in [-0.2, -0.15) is 0 Å². The first-order valence-corrected chi connectivity index (χ1v) is 10.0. The highest BCUT2D eigenvalue weighted by molar-refractivity contribution is 5.88. The molecule has 4 nitrogen and oxygen atoms in total. The molecule has 1 aliphatic carbocycles. The summed E-state index contributed by atoms with van der Waals surface area (Å²) in [7, 11) is 2.32. The van der Waals surface area contributed by atoms with E-state index in [1.54, 1.807) is 5.56 Å². The standard InChI is InChI=1S/C22H28N4/c1-3-5-21-23-8-9-26(21)14-15-10-18-17-6-4-7-19-22(17)16(12-24-19)11-20(18)25(2)13-15/h4,6-9,12,15,18,20,24H,3,5,10-11,13-14H2,1-2H3/t15-,18+,20+/m0/s1. The second kappa shape index (κ2) is 6.27. The molecule has 1 fully saturated rings. The Balaban J connectivity index is 1.45. The number of hydrogen-bond donors (Lipinski definition) is 1. The van der Waals surface area contributed by atoms with Crippen LogP contribution in [0.2, 0.25) is 0 Å². The number of aromatic amines is 1. The highest BCUT2D eigenvalue weighted by Gasteiger charge is 2.39. The van der Waals surface area contributed by atoms with Crippen LogP contribution in [0.5, 0.6) is 0 Å². The maximum absolute atomic E-state index is 4.57. The van der Waals surface area contributed by atoms with Crippen LogP contribution in [0.4, 0.5) is 0 Å². The molecule has 3 aromatic rings. The summed E-state index contributed by atoms with van der Waals surface area (Å²) in [6.07, 6.45) is 11.1. The van der Waals surface area contributed by atoms with Gasteiger partial charge < -0.3 is 14.5 Å². The molecular formula is C22H28N4. The van der Waals surface area contributed by atoms with E-state index in [1.165, 1.54) is 41.7 Å². The van der Waals surface area contributed by atoms with Gasteiger partial charge in [0.2, 0.25) is 0 Å². The minimum absolute atomic E-state index is 0.637. The number of aromatic nitrogens is 3. The smallest absolute Gasteiger partial charge is 0.108 e. The van der Waals surface area contributed by atoms with Gasteiger partial charge >= 0.3 is 0 Å². The number of likely N-dealkylation sites (tertiary alicyclic amines) is 1. The van der Waals surface area contributed by atoms with Crippen LogP contribution in [0.15, 0.2) is 36.8 Å². The van der Waals surface area contributed by atoms with Gasteiger partial charge in [-0.05, 0) is 49.4 Å². The first kappa shape index (κ1) is 16.1. The highest BCUT2D eigenvalue weighted by atomic mass is 15.2. The summed E-state index contributed by atoms with van der Waals surface area (Å²) in [4.78, 5) is 10.7. The average Bonchev–Trinajstić information content (AvgIpc) is 3.25. The number of hydrogen-bond acceptors (Lipinski definition) is 2. The zero-order valence-corrected chi connectivity index (χ0v) is 15.8. The fourth-order valence-corrected chi connectivity index (χ4v) is 5.42. The summed E-state index contributed by atoms with van der Waals surface area (Å²) in [5.41, 5.74) is 4.37. The Kier molecular flexibility index (Phi) is 3.89. The van der Waals surface area contributed by atoms with Crippen LogP contribution in [0.3, 0.4) is 0 Å². The van der Waals surface area contributed by atoms with Crippen molar-refractivity contribution >= 4 is 10.9 Å². The number of piperidine rings is 1. The quantitative estimate of drug-likeness (QED) is 0.774. The van der Waals surface area contributed by atoms with Gasteiger partial charge in [-0.1, -0.05) is 19.1 Å². The molecule has 1 aliphatic heterocycles. The lowest BCUT2D eigenvalue weighted by atomic mass is 9.72. The lowest BCUT2D eigenvalue weighted by Gasteiger charge is -2.45. The molecule has 1 N–H and O–H groups in total. The van der Waals surface area contributed by atoms with E-state index in [1.807, 2.05) is 6.20 Å². The highest BCUT2D eigenvalue weighted by Crippen LogP contribution is 2.44. The van der Waals surface area contributed by atoms with E-state index in [2.05, 4.69) is 64.0 Å². The fraction of sp³-hybridized carbons (Fsp3) is 0.500. The van der Waals surface area contributed by atoms with Crippen molar-refractivity contribution in [1.82, 2.24) is 19.4 Å². The SMILES string of the molecule is CCCc1nccn1C[C@H]1C[C@@H]2c3cccc4[nH]cc(c34)C[C@H]2N(C)C1. The third-order valence-corrected chi connectivity index (χ3v) is 6.54. The van der Waals surface area contributed by atoms with Crippen molar-refractivity contribution < 1.29 is 0 Å². The molecule has 5 rings (SSSR count). The topological polar surface area (TPSA) is 36.9 Å². The number of likely N-dealkylation sites (N-methyl/N-ethyl adjacent to an activating group) is 1. The van der Waals surface area contributed by atoms with Crippen molar-refractivity contribution in [3.63, 3.8) is 0 Å². The molecule has 0 radical (unpaired) electrons. The van der Waals surface area contributed by atoms with Gasteiger partial charge in [-0.3, -0.25) is 0 Å². The van der Waals surface area contributed by atoms with Crippen LogP contribution in [0.1, 0.15) is 42.6 Å². The van der Waals surface area contributed by atoms with Crippen molar-refractivity contribution in [3.05, 3.63) is 53.7 Å². The van der Waals surface area contributed by atoms with E-state index >= 15 is 0 Å². The maximum atomic E-state index is 4.57. The second-order valence-electron chi connectivity index (χ2n) is 8.25. The number of aryl methyl sites for hydroxylation is 1. The van der Waals surface area contributed by atoms with E-state index in [4.69, 9.17) is 0 Å². The summed E-state index contributed by atoms with van der Waals surface area (Å²) in [5.74, 6) is 2.57. The molecule has 2 aliphatic rings. The number of nitrogens with one attached hydrogen (secondary N) is 1. The molecule has 0 bridgehead atoms. The largest absolute Gasteiger partial charge is 0.361 e. The predicted octanol–water partition coefficient (Wildman–Crippen LogP) is 3.98. The van der Waals surface area contributed by atoms with Crippen molar-refractivity contribution in [3.8, 4) is 0 Å². The van der Waals surface area contributed by atoms with Gasteiger partial charge in [0.1, 0.15) is 5.82 Å². The Morgan fingerprint density at radius 3 is 3.12 bits per heavy atom. The lowest BCUT2D eigenvalue weighted by molar-refractivity contribution is 0.103. The fourth-order valence-electron chi connectivity index (χ4n) is 5.42. The average molecular weight is 348 g/mol. The number of imidazole rings is 1. The van der Waals surface area contributed by atoms with Gasteiger partial charge in [-0.15, -0.1) is 0 Å². The minimum atomic E-state index is 0.637. The number of rotatable bonds is 4. The van der Waals surface area contributed by atoms with E-state index < -0.39 is 0 Å². The molecule has 4 heteroatoms. The number of fused-ring (bicyclic) bond motifs is 2. The molecule has 136 valence electrons. The van der Waals surface area contributed by atoms with E-state index in [0.29, 0.717) is 17.9 Å². The summed E-state index contributed by atoms with van der Waals surface area (Å²) < 4.78 is 2.40. The molecule has 26 heavy (non-hydrogen) atoms. The van der Waals surface area contributed by atoms with Crippen LogP contribution in [0.25, 0.3) is 10.9 Å². The number of nitrogens with zero attached hydrogens (tertiary/aromatic N) is 3. The van der Waals surface area contributed by atoms with Crippen LogP contribution in [-0.2, 0) is 19.4 Å². The van der Waals surface area contributed by atoms with Crippen molar-refractivity contribution in [2.75, 3.05) is 13.6 Å². The molecule has 3 atom stereocenters. The van der Waals surface area contributed by atoms with Gasteiger partial charge in [-0.25, -0.2) is 4.98 Å². The Hall–Kier alpha value is -2.07. The Bertz CT molecular complexity index is 921. The van der Waals surface area contributed by atoms with Gasteiger partial charge in [0.15, 0.2) is 0 Å². The zero-order chi connectivity index (χ0) is 17.7. The van der Waals surface area contributed by atoms with E-state index in [0.717, 1.165) is 19.4 Å². The molecule has 0 unspecified atom stereocenters. The van der Waals surface area contributed by atoms with E-state index in [-0.39, 0.29) is 0 Å².